The SMILES string of the molecule is CC(=O)c1ccccc1NC(=O)CC12CC3CC(CC(C3)C1)C2. The molecule has 5 rings (SSSR count). The van der Waals surface area contributed by atoms with Crippen molar-refractivity contribution in [3.8, 4) is 0 Å². The van der Waals surface area contributed by atoms with E-state index in [0.717, 1.165) is 17.8 Å². The number of Topliss-reactive ketones (excluding diaryl/α,β-unsaturated/α-hetero) is 1. The molecule has 3 heteroatoms. The Labute approximate surface area is 137 Å². The third-order valence-electron chi connectivity index (χ3n) is 6.28. The predicted octanol–water partition coefficient (Wildman–Crippen LogP) is 4.43. The molecule has 0 radical (unpaired) electrons. The van der Waals surface area contributed by atoms with Crippen molar-refractivity contribution in [1.82, 2.24) is 0 Å². The number of amides is 1. The molecule has 1 aromatic rings. The lowest BCUT2D eigenvalue weighted by Gasteiger charge is -2.56. The molecule has 4 fully saturated rings. The van der Waals surface area contributed by atoms with E-state index >= 15 is 0 Å². The first-order chi connectivity index (χ1) is 11.0. The van der Waals surface area contributed by atoms with E-state index < -0.39 is 0 Å². The van der Waals surface area contributed by atoms with Gasteiger partial charge in [0.25, 0.3) is 0 Å². The summed E-state index contributed by atoms with van der Waals surface area (Å²) in [6.07, 6.45) is 8.53. The average molecular weight is 311 g/mol. The molecule has 0 aliphatic heterocycles. The zero-order chi connectivity index (χ0) is 16.0. The fourth-order valence-corrected chi connectivity index (χ4v) is 5.94. The van der Waals surface area contributed by atoms with Crippen molar-refractivity contribution in [2.75, 3.05) is 5.32 Å². The highest BCUT2D eigenvalue weighted by Gasteiger charge is 2.51. The first-order valence-electron chi connectivity index (χ1n) is 8.93. The number of ketones is 1. The van der Waals surface area contributed by atoms with Crippen molar-refractivity contribution in [1.29, 1.82) is 0 Å². The standard InChI is InChI=1S/C20H25NO2/c1-13(22)17-4-2-3-5-18(17)21-19(23)12-20-9-14-6-15(10-20)8-16(7-14)11-20/h2-5,14-16H,6-12H2,1H3,(H,21,23). The van der Waals surface area contributed by atoms with E-state index in [-0.39, 0.29) is 17.1 Å². The zero-order valence-corrected chi connectivity index (χ0v) is 13.8. The Balaban J connectivity index is 1.48. The van der Waals surface area contributed by atoms with Gasteiger partial charge < -0.3 is 5.32 Å². The van der Waals surface area contributed by atoms with Crippen molar-refractivity contribution >= 4 is 17.4 Å². The number of rotatable bonds is 4. The van der Waals surface area contributed by atoms with Crippen molar-refractivity contribution in [2.24, 2.45) is 23.2 Å². The molecule has 1 aromatic carbocycles. The minimum absolute atomic E-state index is 0.00398. The summed E-state index contributed by atoms with van der Waals surface area (Å²) in [4.78, 5) is 24.4. The second-order valence-corrected chi connectivity index (χ2v) is 8.24. The molecule has 0 saturated heterocycles. The van der Waals surface area contributed by atoms with Crippen LogP contribution in [0.15, 0.2) is 24.3 Å². The molecular formula is C20H25NO2. The molecule has 4 bridgehead atoms. The monoisotopic (exact) mass is 311 g/mol. The van der Waals surface area contributed by atoms with Crippen LogP contribution in [-0.2, 0) is 4.79 Å². The van der Waals surface area contributed by atoms with E-state index in [9.17, 15) is 9.59 Å². The van der Waals surface area contributed by atoms with Crippen LogP contribution in [0.5, 0.6) is 0 Å². The molecular weight excluding hydrogens is 286 g/mol. The second-order valence-electron chi connectivity index (χ2n) is 8.24. The van der Waals surface area contributed by atoms with Gasteiger partial charge in [-0.25, -0.2) is 0 Å². The topological polar surface area (TPSA) is 46.2 Å². The van der Waals surface area contributed by atoms with Gasteiger partial charge in [-0.1, -0.05) is 12.1 Å². The molecule has 4 aliphatic rings. The van der Waals surface area contributed by atoms with E-state index in [2.05, 4.69) is 5.32 Å². The Kier molecular flexibility index (Phi) is 3.55. The van der Waals surface area contributed by atoms with Crippen molar-refractivity contribution in [2.45, 2.75) is 51.9 Å². The van der Waals surface area contributed by atoms with Crippen LogP contribution in [0.1, 0.15) is 62.2 Å². The van der Waals surface area contributed by atoms with Gasteiger partial charge in [0.15, 0.2) is 5.78 Å². The molecule has 23 heavy (non-hydrogen) atoms. The van der Waals surface area contributed by atoms with Gasteiger partial charge in [-0.05, 0) is 80.8 Å². The minimum Gasteiger partial charge on any atom is -0.325 e. The van der Waals surface area contributed by atoms with E-state index in [1.54, 1.807) is 13.0 Å². The molecule has 0 aromatic heterocycles. The lowest BCUT2D eigenvalue weighted by molar-refractivity contribution is -0.124. The molecule has 4 aliphatic carbocycles. The maximum Gasteiger partial charge on any atom is 0.224 e. The Morgan fingerprint density at radius 1 is 1.04 bits per heavy atom. The summed E-state index contributed by atoms with van der Waals surface area (Å²) in [5.74, 6) is 2.66. The summed E-state index contributed by atoms with van der Waals surface area (Å²) >= 11 is 0. The van der Waals surface area contributed by atoms with E-state index in [4.69, 9.17) is 0 Å². The summed E-state index contributed by atoms with van der Waals surface area (Å²) < 4.78 is 0. The maximum atomic E-state index is 12.6. The molecule has 122 valence electrons. The predicted molar refractivity (Wildman–Crippen MR) is 90.3 cm³/mol. The second kappa shape index (κ2) is 5.47. The van der Waals surface area contributed by atoms with Crippen LogP contribution in [0.2, 0.25) is 0 Å². The van der Waals surface area contributed by atoms with Crippen LogP contribution < -0.4 is 5.32 Å². The van der Waals surface area contributed by atoms with Gasteiger partial charge in [-0.15, -0.1) is 0 Å². The van der Waals surface area contributed by atoms with Crippen LogP contribution in [0.3, 0.4) is 0 Å². The highest BCUT2D eigenvalue weighted by atomic mass is 16.1. The smallest absolute Gasteiger partial charge is 0.224 e. The van der Waals surface area contributed by atoms with Crippen LogP contribution in [0.25, 0.3) is 0 Å². The van der Waals surface area contributed by atoms with E-state index in [1.165, 1.54) is 38.5 Å². The Morgan fingerprint density at radius 3 is 2.17 bits per heavy atom. The highest BCUT2D eigenvalue weighted by molar-refractivity contribution is 6.03. The fraction of sp³-hybridized carbons (Fsp3) is 0.600. The molecule has 3 nitrogen and oxygen atoms in total. The average Bonchev–Trinajstić information content (AvgIpc) is 2.45. The van der Waals surface area contributed by atoms with Gasteiger partial charge in [0.2, 0.25) is 5.91 Å². The lowest BCUT2D eigenvalue weighted by Crippen LogP contribution is -2.47. The van der Waals surface area contributed by atoms with Gasteiger partial charge in [-0.3, -0.25) is 9.59 Å². The van der Waals surface area contributed by atoms with E-state index in [0.29, 0.717) is 17.7 Å². The fourth-order valence-electron chi connectivity index (χ4n) is 5.94. The first-order valence-corrected chi connectivity index (χ1v) is 8.93. The Morgan fingerprint density at radius 2 is 1.61 bits per heavy atom. The number of nitrogens with one attached hydrogen (secondary N) is 1. The summed E-state index contributed by atoms with van der Waals surface area (Å²) in [6, 6.07) is 7.31. The number of benzene rings is 1. The first kappa shape index (κ1) is 14.9. The minimum atomic E-state index is -0.00398. The van der Waals surface area contributed by atoms with Crippen LogP contribution in [0.4, 0.5) is 5.69 Å². The van der Waals surface area contributed by atoms with Gasteiger partial charge in [0.05, 0.1) is 5.69 Å². The molecule has 0 heterocycles. The molecule has 0 spiro atoms. The molecule has 0 unspecified atom stereocenters. The third kappa shape index (κ3) is 2.82. The normalized spacial score (nSPS) is 34.4. The summed E-state index contributed by atoms with van der Waals surface area (Å²) in [6.45, 7) is 1.55. The number of carbonyl (C=O) groups is 2. The van der Waals surface area contributed by atoms with Gasteiger partial charge in [0.1, 0.15) is 0 Å². The molecule has 1 amide bonds. The van der Waals surface area contributed by atoms with Crippen LogP contribution in [-0.4, -0.2) is 11.7 Å². The molecule has 0 atom stereocenters. The quantitative estimate of drug-likeness (QED) is 0.836. The zero-order valence-electron chi connectivity index (χ0n) is 13.8. The summed E-state index contributed by atoms with van der Waals surface area (Å²) in [5, 5.41) is 3.01. The molecule has 1 N–H and O–H groups in total. The maximum absolute atomic E-state index is 12.6. The number of para-hydroxylation sites is 1. The van der Waals surface area contributed by atoms with Gasteiger partial charge in [0, 0.05) is 12.0 Å². The van der Waals surface area contributed by atoms with Crippen LogP contribution >= 0.6 is 0 Å². The summed E-state index contributed by atoms with van der Waals surface area (Å²) in [7, 11) is 0. The largest absolute Gasteiger partial charge is 0.325 e. The number of anilines is 1. The van der Waals surface area contributed by atoms with Gasteiger partial charge in [-0.2, -0.15) is 0 Å². The lowest BCUT2D eigenvalue weighted by atomic mass is 9.49. The van der Waals surface area contributed by atoms with Gasteiger partial charge >= 0.3 is 0 Å². The summed E-state index contributed by atoms with van der Waals surface area (Å²) in [5.41, 5.74) is 1.50. The van der Waals surface area contributed by atoms with E-state index in [1.807, 2.05) is 18.2 Å². The Bertz CT molecular complexity index is 614. The van der Waals surface area contributed by atoms with Crippen molar-refractivity contribution < 1.29 is 9.59 Å². The third-order valence-corrected chi connectivity index (χ3v) is 6.28. The number of hydrogen-bond acceptors (Lipinski definition) is 2. The van der Waals surface area contributed by atoms with Crippen molar-refractivity contribution in [3.05, 3.63) is 29.8 Å². The van der Waals surface area contributed by atoms with Crippen molar-refractivity contribution in [3.63, 3.8) is 0 Å². The van der Waals surface area contributed by atoms with Crippen LogP contribution in [0, 0.1) is 23.2 Å². The number of hydrogen-bond donors (Lipinski definition) is 1. The molecule has 4 saturated carbocycles. The highest BCUT2D eigenvalue weighted by Crippen LogP contribution is 2.61. The number of carbonyl (C=O) groups excluding carboxylic acids is 2. The Hall–Kier alpha value is -1.64.